The molecule has 2 N–H and O–H groups in total. The van der Waals surface area contributed by atoms with Gasteiger partial charge in [0.1, 0.15) is 11.6 Å². The minimum Gasteiger partial charge on any atom is -0.322 e. The molecule has 3 heterocycles. The van der Waals surface area contributed by atoms with E-state index in [1.807, 2.05) is 47.4 Å². The summed E-state index contributed by atoms with van der Waals surface area (Å²) in [5.74, 6) is -1.49. The summed E-state index contributed by atoms with van der Waals surface area (Å²) < 4.78 is 54.4. The van der Waals surface area contributed by atoms with Crippen LogP contribution in [0.1, 0.15) is 55.7 Å². The number of hydrogen-bond donors (Lipinski definition) is 2. The zero-order chi connectivity index (χ0) is 31.6. The molecule has 240 valence electrons. The van der Waals surface area contributed by atoms with Crippen LogP contribution in [-0.2, 0) is 6.54 Å². The third-order valence-corrected chi connectivity index (χ3v) is 9.72. The van der Waals surface area contributed by atoms with E-state index in [0.29, 0.717) is 43.7 Å². The minimum atomic E-state index is -2.52. The van der Waals surface area contributed by atoms with Crippen LogP contribution < -0.4 is 10.9 Å². The van der Waals surface area contributed by atoms with E-state index in [2.05, 4.69) is 15.2 Å². The zero-order valence-electron chi connectivity index (χ0n) is 25.2. The summed E-state index contributed by atoms with van der Waals surface area (Å²) in [6, 6.07) is 15.5. The molecule has 0 radical (unpaired) electrons. The Balaban J connectivity index is 1.20. The molecular formula is C34H39F4N5O2. The number of carbonyl (C=O) groups is 1. The van der Waals surface area contributed by atoms with Gasteiger partial charge in [0, 0.05) is 61.6 Å². The number of benzene rings is 2. The number of piperidine rings is 1. The maximum absolute atomic E-state index is 14.3. The van der Waals surface area contributed by atoms with Crippen molar-refractivity contribution in [1.82, 2.24) is 25.0 Å². The zero-order valence-corrected chi connectivity index (χ0v) is 25.2. The van der Waals surface area contributed by atoms with Crippen molar-refractivity contribution in [3.05, 3.63) is 93.8 Å². The van der Waals surface area contributed by atoms with Crippen LogP contribution in [0.15, 0.2) is 65.5 Å². The molecule has 3 fully saturated rings. The second kappa shape index (κ2) is 13.3. The Morgan fingerprint density at radius 3 is 2.40 bits per heavy atom. The highest BCUT2D eigenvalue weighted by Gasteiger charge is 2.46. The maximum Gasteiger partial charge on any atom is 0.320 e. The number of rotatable bonds is 7. The van der Waals surface area contributed by atoms with Gasteiger partial charge in [0.25, 0.3) is 12.0 Å². The van der Waals surface area contributed by atoms with Gasteiger partial charge in [-0.3, -0.25) is 9.69 Å². The highest BCUT2D eigenvalue weighted by molar-refractivity contribution is 5.75. The van der Waals surface area contributed by atoms with Crippen molar-refractivity contribution in [2.45, 2.75) is 69.1 Å². The number of nitrogens with one attached hydrogen (secondary N) is 2. The first-order chi connectivity index (χ1) is 21.7. The third-order valence-electron chi connectivity index (χ3n) is 9.72. The standard InChI is InChI=1S/C34H39F4N5O2/c35-26-16-25(17-27(36)18-26)30-19-28(39-20-31(37)38)10-13-43(30)33(45)41-14-15-42(34(22-41)11-4-5-12-34)21-24-8-9-29(40-32(24)44)23-6-2-1-3-7-23/h1-3,6-9,16-18,28,30-31,39H,4-5,10-15,19-22H2,(H,40,44). The van der Waals surface area contributed by atoms with E-state index >= 15 is 0 Å². The van der Waals surface area contributed by atoms with Crippen molar-refractivity contribution in [1.29, 1.82) is 0 Å². The molecule has 2 atom stereocenters. The Bertz CT molecular complexity index is 1520. The lowest BCUT2D eigenvalue weighted by molar-refractivity contribution is -0.00257. The van der Waals surface area contributed by atoms with Crippen molar-refractivity contribution in [3.8, 4) is 11.3 Å². The highest BCUT2D eigenvalue weighted by Crippen LogP contribution is 2.40. The Hall–Kier alpha value is -3.70. The topological polar surface area (TPSA) is 71.7 Å². The van der Waals surface area contributed by atoms with Crippen LogP contribution in [-0.4, -0.2) is 76.4 Å². The minimum absolute atomic E-state index is 0.128. The largest absolute Gasteiger partial charge is 0.322 e. The fourth-order valence-electron chi connectivity index (χ4n) is 7.45. The van der Waals surface area contributed by atoms with E-state index in [1.54, 1.807) is 4.90 Å². The average Bonchev–Trinajstić information content (AvgIpc) is 3.50. The van der Waals surface area contributed by atoms with Crippen LogP contribution in [0.3, 0.4) is 0 Å². The van der Waals surface area contributed by atoms with Crippen molar-refractivity contribution >= 4 is 6.03 Å². The van der Waals surface area contributed by atoms with E-state index in [1.165, 1.54) is 12.1 Å². The number of nitrogens with zero attached hydrogens (tertiary/aromatic N) is 3. The van der Waals surface area contributed by atoms with Gasteiger partial charge in [-0.2, -0.15) is 0 Å². The molecular weight excluding hydrogens is 586 g/mol. The number of carbonyl (C=O) groups excluding carboxylic acids is 1. The lowest BCUT2D eigenvalue weighted by atomic mass is 9.90. The molecule has 11 heteroatoms. The third kappa shape index (κ3) is 6.94. The van der Waals surface area contributed by atoms with Crippen LogP contribution in [0, 0.1) is 11.6 Å². The fraction of sp³-hybridized carbons (Fsp3) is 0.471. The fourth-order valence-corrected chi connectivity index (χ4v) is 7.45. The SMILES string of the molecule is O=C(N1CCN(Cc2ccc(-c3ccccc3)[nH]c2=O)C2(CCCC2)C1)N1CCC(NCC(F)F)CC1c1cc(F)cc(F)c1. The molecule has 1 spiro atoms. The van der Waals surface area contributed by atoms with Crippen LogP contribution in [0.25, 0.3) is 11.3 Å². The number of amides is 2. The first kappa shape index (κ1) is 31.3. The molecule has 2 saturated heterocycles. The summed E-state index contributed by atoms with van der Waals surface area (Å²) in [6.45, 7) is 1.77. The van der Waals surface area contributed by atoms with Gasteiger partial charge in [0.15, 0.2) is 0 Å². The summed E-state index contributed by atoms with van der Waals surface area (Å²) in [7, 11) is 0. The molecule has 1 saturated carbocycles. The number of aromatic nitrogens is 1. The van der Waals surface area contributed by atoms with E-state index in [4.69, 9.17) is 0 Å². The van der Waals surface area contributed by atoms with Gasteiger partial charge in [0.2, 0.25) is 0 Å². The van der Waals surface area contributed by atoms with Gasteiger partial charge in [0.05, 0.1) is 12.6 Å². The molecule has 2 unspecified atom stereocenters. The van der Waals surface area contributed by atoms with Gasteiger partial charge in [-0.25, -0.2) is 22.4 Å². The van der Waals surface area contributed by atoms with Crippen LogP contribution in [0.5, 0.6) is 0 Å². The number of urea groups is 1. The van der Waals surface area contributed by atoms with Crippen LogP contribution >= 0.6 is 0 Å². The summed E-state index contributed by atoms with van der Waals surface area (Å²) >= 11 is 0. The summed E-state index contributed by atoms with van der Waals surface area (Å²) in [5.41, 5.74) is 2.28. The van der Waals surface area contributed by atoms with E-state index in [9.17, 15) is 27.2 Å². The van der Waals surface area contributed by atoms with Gasteiger partial charge in [-0.15, -0.1) is 0 Å². The lowest BCUT2D eigenvalue weighted by Crippen LogP contribution is -2.64. The highest BCUT2D eigenvalue weighted by atomic mass is 19.3. The monoisotopic (exact) mass is 625 g/mol. The lowest BCUT2D eigenvalue weighted by Gasteiger charge is -2.51. The van der Waals surface area contributed by atoms with E-state index in [0.717, 1.165) is 43.0 Å². The molecule has 45 heavy (non-hydrogen) atoms. The molecule has 2 aliphatic heterocycles. The van der Waals surface area contributed by atoms with Crippen molar-refractivity contribution < 1.29 is 22.4 Å². The van der Waals surface area contributed by atoms with E-state index < -0.39 is 30.6 Å². The van der Waals surface area contributed by atoms with Gasteiger partial charge in [-0.1, -0.05) is 49.2 Å². The van der Waals surface area contributed by atoms with Crippen molar-refractivity contribution in [3.63, 3.8) is 0 Å². The number of pyridine rings is 1. The Morgan fingerprint density at radius 2 is 1.71 bits per heavy atom. The Morgan fingerprint density at radius 1 is 0.978 bits per heavy atom. The Kier molecular flexibility index (Phi) is 9.28. The Labute approximate surface area is 260 Å². The predicted molar refractivity (Wildman–Crippen MR) is 164 cm³/mol. The molecule has 0 bridgehead atoms. The second-order valence-corrected chi connectivity index (χ2v) is 12.6. The number of piperazine rings is 1. The molecule has 7 nitrogen and oxygen atoms in total. The predicted octanol–water partition coefficient (Wildman–Crippen LogP) is 5.93. The van der Waals surface area contributed by atoms with Crippen molar-refractivity contribution in [2.24, 2.45) is 0 Å². The molecule has 2 amide bonds. The molecule has 1 aromatic heterocycles. The van der Waals surface area contributed by atoms with Gasteiger partial charge < -0.3 is 20.1 Å². The normalized spacial score (nSPS) is 22.0. The quantitative estimate of drug-likeness (QED) is 0.320. The number of H-pyrrole nitrogens is 1. The maximum atomic E-state index is 14.3. The number of hydrogen-bond acceptors (Lipinski definition) is 4. The summed E-state index contributed by atoms with van der Waals surface area (Å²) in [4.78, 5) is 36.2. The first-order valence-corrected chi connectivity index (χ1v) is 15.8. The number of halogens is 4. The summed E-state index contributed by atoms with van der Waals surface area (Å²) in [6.07, 6.45) is 2.05. The molecule has 3 aromatic rings. The number of likely N-dealkylation sites (tertiary alicyclic amines) is 1. The molecule has 1 aliphatic carbocycles. The molecule has 2 aromatic carbocycles. The molecule has 6 rings (SSSR count). The average molecular weight is 626 g/mol. The number of alkyl halides is 2. The summed E-state index contributed by atoms with van der Waals surface area (Å²) in [5, 5.41) is 2.85. The van der Waals surface area contributed by atoms with Crippen LogP contribution in [0.4, 0.5) is 22.4 Å². The first-order valence-electron chi connectivity index (χ1n) is 15.8. The molecule has 3 aliphatic rings. The van der Waals surface area contributed by atoms with Crippen molar-refractivity contribution in [2.75, 3.05) is 32.7 Å². The van der Waals surface area contributed by atoms with Gasteiger partial charge in [-0.05, 0) is 55.0 Å². The smallest absolute Gasteiger partial charge is 0.320 e. The second-order valence-electron chi connectivity index (χ2n) is 12.6. The number of aromatic amines is 1. The van der Waals surface area contributed by atoms with E-state index in [-0.39, 0.29) is 36.1 Å². The van der Waals surface area contributed by atoms with Gasteiger partial charge >= 0.3 is 6.03 Å². The van der Waals surface area contributed by atoms with Crippen LogP contribution in [0.2, 0.25) is 0 Å².